The van der Waals surface area contributed by atoms with Gasteiger partial charge in [-0.2, -0.15) is 11.3 Å². The van der Waals surface area contributed by atoms with Gasteiger partial charge in [0.05, 0.1) is 5.52 Å². The number of rotatable bonds is 4. The number of thiophene rings is 1. The van der Waals surface area contributed by atoms with Crippen molar-refractivity contribution in [2.45, 2.75) is 6.54 Å². The lowest BCUT2D eigenvalue weighted by Crippen LogP contribution is -2.23. The molecule has 0 atom stereocenters. The molecule has 0 aliphatic carbocycles. The Hall–Kier alpha value is -3.05. The van der Waals surface area contributed by atoms with Gasteiger partial charge in [-0.3, -0.25) is 9.78 Å². The second-order valence-electron chi connectivity index (χ2n) is 5.64. The van der Waals surface area contributed by atoms with E-state index >= 15 is 0 Å². The Morgan fingerprint density at radius 1 is 1.04 bits per heavy atom. The fraction of sp³-hybridized carbons (Fsp3) is 0.0500. The predicted molar refractivity (Wildman–Crippen MR) is 100 cm³/mol. The lowest BCUT2D eigenvalue weighted by molar-refractivity contribution is 0.0946. The number of fused-ring (bicyclic) bond motifs is 1. The highest BCUT2D eigenvalue weighted by molar-refractivity contribution is 7.08. The van der Waals surface area contributed by atoms with E-state index in [0.29, 0.717) is 12.2 Å². The van der Waals surface area contributed by atoms with E-state index in [4.69, 9.17) is 0 Å². The minimum absolute atomic E-state index is 0.182. The fourth-order valence-electron chi connectivity index (χ4n) is 2.67. The molecule has 0 bridgehead atoms. The van der Waals surface area contributed by atoms with Gasteiger partial charge >= 0.3 is 0 Å². The first kappa shape index (κ1) is 15.5. The van der Waals surface area contributed by atoms with Crippen LogP contribution in [0.1, 0.15) is 16.1 Å². The molecule has 0 fully saturated rings. The van der Waals surface area contributed by atoms with E-state index < -0.39 is 0 Å². The third-order valence-corrected chi connectivity index (χ3v) is 4.64. The topological polar surface area (TPSA) is 54.9 Å². The second kappa shape index (κ2) is 6.83. The molecule has 1 amide bonds. The van der Waals surface area contributed by atoms with E-state index in [9.17, 15) is 4.79 Å². The minimum atomic E-state index is -0.182. The van der Waals surface area contributed by atoms with Crippen LogP contribution >= 0.6 is 11.3 Å². The summed E-state index contributed by atoms with van der Waals surface area (Å²) in [6.07, 6.45) is 3.56. The number of aromatic nitrogens is 2. The minimum Gasteiger partial charge on any atom is -0.347 e. The molecule has 0 saturated carbocycles. The van der Waals surface area contributed by atoms with E-state index in [1.165, 1.54) is 0 Å². The first-order chi connectivity index (χ1) is 12.3. The predicted octanol–water partition coefficient (Wildman–Crippen LogP) is 4.29. The quantitative estimate of drug-likeness (QED) is 0.600. The molecule has 0 spiro atoms. The molecule has 0 unspecified atom stereocenters. The molecule has 0 aliphatic heterocycles. The van der Waals surface area contributed by atoms with Crippen molar-refractivity contribution in [2.75, 3.05) is 0 Å². The number of hydrogen-bond donors (Lipinski definition) is 1. The zero-order valence-corrected chi connectivity index (χ0v) is 14.2. The van der Waals surface area contributed by atoms with E-state index in [2.05, 4.69) is 20.7 Å². The van der Waals surface area contributed by atoms with Gasteiger partial charge in [0.2, 0.25) is 0 Å². The molecule has 4 rings (SSSR count). The van der Waals surface area contributed by atoms with Gasteiger partial charge in [0.25, 0.3) is 5.91 Å². The van der Waals surface area contributed by atoms with Gasteiger partial charge in [-0.25, -0.2) is 4.98 Å². The van der Waals surface area contributed by atoms with E-state index in [0.717, 1.165) is 27.6 Å². The average molecular weight is 345 g/mol. The normalized spacial score (nSPS) is 10.7. The third-order valence-electron chi connectivity index (χ3n) is 3.96. The SMILES string of the molecule is O=C(NCc1ccccc1)c1ccc2cncc(-c3ccsc3)c2n1. The van der Waals surface area contributed by atoms with Crippen molar-refractivity contribution in [1.82, 2.24) is 15.3 Å². The van der Waals surface area contributed by atoms with E-state index in [1.807, 2.05) is 47.8 Å². The summed E-state index contributed by atoms with van der Waals surface area (Å²) in [6.45, 7) is 0.479. The summed E-state index contributed by atoms with van der Waals surface area (Å²) in [7, 11) is 0. The summed E-state index contributed by atoms with van der Waals surface area (Å²) in [4.78, 5) is 21.4. The van der Waals surface area contributed by atoms with Gasteiger partial charge in [0, 0.05) is 29.9 Å². The molecule has 1 N–H and O–H groups in total. The molecule has 0 saturated heterocycles. The maximum Gasteiger partial charge on any atom is 0.270 e. The number of pyridine rings is 2. The van der Waals surface area contributed by atoms with Crippen LogP contribution in [0.25, 0.3) is 22.0 Å². The molecule has 0 aliphatic rings. The van der Waals surface area contributed by atoms with Crippen molar-refractivity contribution in [3.63, 3.8) is 0 Å². The lowest BCUT2D eigenvalue weighted by Gasteiger charge is -2.08. The Balaban J connectivity index is 1.64. The van der Waals surface area contributed by atoms with Crippen LogP contribution in [0.4, 0.5) is 0 Å². The van der Waals surface area contributed by atoms with Gasteiger partial charge in [0.1, 0.15) is 5.69 Å². The highest BCUT2D eigenvalue weighted by Crippen LogP contribution is 2.28. The van der Waals surface area contributed by atoms with E-state index in [1.54, 1.807) is 29.8 Å². The second-order valence-corrected chi connectivity index (χ2v) is 6.42. The Bertz CT molecular complexity index is 1010. The van der Waals surface area contributed by atoms with Crippen molar-refractivity contribution < 1.29 is 4.79 Å². The fourth-order valence-corrected chi connectivity index (χ4v) is 3.32. The first-order valence-corrected chi connectivity index (χ1v) is 8.85. The number of amides is 1. The van der Waals surface area contributed by atoms with Gasteiger partial charge in [0.15, 0.2) is 0 Å². The number of hydrogen-bond acceptors (Lipinski definition) is 4. The lowest BCUT2D eigenvalue weighted by atomic mass is 10.1. The number of benzene rings is 1. The summed E-state index contributed by atoms with van der Waals surface area (Å²) in [5, 5.41) is 7.91. The summed E-state index contributed by atoms with van der Waals surface area (Å²) < 4.78 is 0. The Morgan fingerprint density at radius 3 is 2.72 bits per heavy atom. The zero-order chi connectivity index (χ0) is 17.1. The summed E-state index contributed by atoms with van der Waals surface area (Å²) in [5.74, 6) is -0.182. The van der Waals surface area contributed by atoms with Crippen molar-refractivity contribution in [3.05, 3.63) is 82.9 Å². The molecule has 1 aromatic carbocycles. The maximum atomic E-state index is 12.5. The van der Waals surface area contributed by atoms with Crippen LogP contribution in [0, 0.1) is 0 Å². The molecular formula is C20H15N3OS. The molecule has 3 aromatic heterocycles. The van der Waals surface area contributed by atoms with Crippen LogP contribution in [0.2, 0.25) is 0 Å². The van der Waals surface area contributed by atoms with Gasteiger partial charge < -0.3 is 5.32 Å². The maximum absolute atomic E-state index is 12.5. The Kier molecular flexibility index (Phi) is 4.23. The Labute approximate surface area is 149 Å². The van der Waals surface area contributed by atoms with Crippen LogP contribution in [0.15, 0.2) is 71.7 Å². The highest BCUT2D eigenvalue weighted by atomic mass is 32.1. The van der Waals surface area contributed by atoms with Crippen LogP contribution in [0.5, 0.6) is 0 Å². The first-order valence-electron chi connectivity index (χ1n) is 7.91. The summed E-state index contributed by atoms with van der Waals surface area (Å²) in [5.41, 5.74) is 4.26. The van der Waals surface area contributed by atoms with Crippen molar-refractivity contribution in [3.8, 4) is 11.1 Å². The van der Waals surface area contributed by atoms with Crippen LogP contribution in [-0.4, -0.2) is 15.9 Å². The molecule has 3 heterocycles. The number of nitrogens with zero attached hydrogens (tertiary/aromatic N) is 2. The van der Waals surface area contributed by atoms with Crippen LogP contribution in [0.3, 0.4) is 0 Å². The summed E-state index contributed by atoms with van der Waals surface area (Å²) >= 11 is 1.62. The molecule has 4 nitrogen and oxygen atoms in total. The van der Waals surface area contributed by atoms with Crippen LogP contribution in [-0.2, 0) is 6.54 Å². The average Bonchev–Trinajstić information content (AvgIpc) is 3.20. The molecule has 5 heteroatoms. The molecule has 0 radical (unpaired) electrons. The van der Waals surface area contributed by atoms with Gasteiger partial charge in [-0.1, -0.05) is 30.3 Å². The number of carbonyl (C=O) groups excluding carboxylic acids is 1. The van der Waals surface area contributed by atoms with E-state index in [-0.39, 0.29) is 5.91 Å². The summed E-state index contributed by atoms with van der Waals surface area (Å²) in [6, 6.07) is 15.5. The third kappa shape index (κ3) is 3.27. The highest BCUT2D eigenvalue weighted by Gasteiger charge is 2.11. The molecular weight excluding hydrogens is 330 g/mol. The molecule has 122 valence electrons. The Morgan fingerprint density at radius 2 is 1.92 bits per heavy atom. The van der Waals surface area contributed by atoms with Crippen molar-refractivity contribution >= 4 is 28.1 Å². The molecule has 25 heavy (non-hydrogen) atoms. The number of carbonyl (C=O) groups is 1. The monoisotopic (exact) mass is 345 g/mol. The van der Waals surface area contributed by atoms with Crippen molar-refractivity contribution in [1.29, 1.82) is 0 Å². The standard InChI is InChI=1S/C20H15N3OS/c24-20(22-10-14-4-2-1-3-5-14)18-7-6-15-11-21-12-17(19(15)23-18)16-8-9-25-13-16/h1-9,11-13H,10H2,(H,22,24). The van der Waals surface area contributed by atoms with Gasteiger partial charge in [-0.05, 0) is 40.1 Å². The largest absolute Gasteiger partial charge is 0.347 e. The van der Waals surface area contributed by atoms with Gasteiger partial charge in [-0.15, -0.1) is 0 Å². The zero-order valence-electron chi connectivity index (χ0n) is 13.3. The number of nitrogens with one attached hydrogen (secondary N) is 1. The van der Waals surface area contributed by atoms with Crippen molar-refractivity contribution in [2.24, 2.45) is 0 Å². The van der Waals surface area contributed by atoms with Crippen LogP contribution < -0.4 is 5.32 Å². The smallest absolute Gasteiger partial charge is 0.270 e. The molecule has 4 aromatic rings.